The van der Waals surface area contributed by atoms with Gasteiger partial charge in [-0.3, -0.25) is 9.69 Å². The van der Waals surface area contributed by atoms with Gasteiger partial charge in [-0.05, 0) is 19.1 Å². The van der Waals surface area contributed by atoms with E-state index in [0.29, 0.717) is 12.1 Å². The van der Waals surface area contributed by atoms with Crippen molar-refractivity contribution in [2.24, 2.45) is 0 Å². The van der Waals surface area contributed by atoms with E-state index in [0.717, 1.165) is 4.90 Å². The highest BCUT2D eigenvalue weighted by Crippen LogP contribution is 2.12. The normalized spacial score (nSPS) is 12.2. The highest BCUT2D eigenvalue weighted by Gasteiger charge is 2.10. The number of anilines is 1. The molecule has 63 valence electrons. The molecular weight excluding hydrogens is 154 g/mol. The molecule has 12 heavy (non-hydrogen) atoms. The van der Waals surface area contributed by atoms with Crippen molar-refractivity contribution in [1.82, 2.24) is 0 Å². The molecule has 0 saturated heterocycles. The molecule has 0 spiro atoms. The Labute approximate surface area is 71.2 Å². The topological polar surface area (TPSA) is 40.2 Å². The molecule has 3 heteroatoms. The van der Waals surface area contributed by atoms with Gasteiger partial charge in [-0.25, -0.2) is 5.11 Å². The van der Waals surface area contributed by atoms with Gasteiger partial charge in [-0.15, -0.1) is 0 Å². The van der Waals surface area contributed by atoms with Crippen LogP contribution in [0, 0.1) is 0 Å². The number of amides is 1. The van der Waals surface area contributed by atoms with Gasteiger partial charge in [0, 0.05) is 5.69 Å². The maximum Gasteiger partial charge on any atom is 0.216 e. The predicted molar refractivity (Wildman–Crippen MR) is 45.1 cm³/mol. The summed E-state index contributed by atoms with van der Waals surface area (Å²) in [5, 5.41) is 11.0. The van der Waals surface area contributed by atoms with Gasteiger partial charge >= 0.3 is 0 Å². The lowest BCUT2D eigenvalue weighted by Gasteiger charge is -2.18. The van der Waals surface area contributed by atoms with Gasteiger partial charge in [0.25, 0.3) is 0 Å². The first-order valence-corrected chi connectivity index (χ1v) is 3.70. The molecule has 0 aliphatic heterocycles. The zero-order valence-corrected chi connectivity index (χ0v) is 6.81. The molecule has 1 aromatic carbocycles. The van der Waals surface area contributed by atoms with Crippen molar-refractivity contribution < 1.29 is 9.90 Å². The summed E-state index contributed by atoms with van der Waals surface area (Å²) in [7, 11) is 0. The van der Waals surface area contributed by atoms with Crippen LogP contribution in [-0.4, -0.2) is 12.6 Å². The monoisotopic (exact) mass is 164 g/mol. The lowest BCUT2D eigenvalue weighted by molar-refractivity contribution is -0.109. The summed E-state index contributed by atoms with van der Waals surface area (Å²) >= 11 is 0. The van der Waals surface area contributed by atoms with Crippen molar-refractivity contribution in [2.75, 3.05) is 4.90 Å². The summed E-state index contributed by atoms with van der Waals surface area (Å²) < 4.78 is 0. The highest BCUT2D eigenvalue weighted by molar-refractivity contribution is 5.75. The lowest BCUT2D eigenvalue weighted by Crippen LogP contribution is -2.29. The first kappa shape index (κ1) is 8.74. The van der Waals surface area contributed by atoms with Gasteiger partial charge < -0.3 is 0 Å². The molecule has 1 amide bonds. The largest absolute Gasteiger partial charge is 0.286 e. The smallest absolute Gasteiger partial charge is 0.216 e. The third kappa shape index (κ3) is 1.83. The summed E-state index contributed by atoms with van der Waals surface area (Å²) in [5.41, 5.74) is 0.634. The van der Waals surface area contributed by atoms with Crippen molar-refractivity contribution >= 4 is 12.1 Å². The van der Waals surface area contributed by atoms with Crippen LogP contribution in [0.25, 0.3) is 0 Å². The molecule has 0 fully saturated rings. The van der Waals surface area contributed by atoms with Gasteiger partial charge in [0.1, 0.15) is 0 Å². The number of rotatable bonds is 3. The number of hydrogen-bond acceptors (Lipinski definition) is 1. The Balaban J connectivity index is 2.88. The van der Waals surface area contributed by atoms with E-state index in [1.807, 2.05) is 6.07 Å². The summed E-state index contributed by atoms with van der Waals surface area (Å²) in [6, 6.07) is 8.86. The number of hydrogen-bond donors (Lipinski definition) is 0. The summed E-state index contributed by atoms with van der Waals surface area (Å²) in [4.78, 5) is 11.6. The van der Waals surface area contributed by atoms with Crippen LogP contribution >= 0.6 is 0 Å². The fourth-order valence-corrected chi connectivity index (χ4v) is 0.957. The molecule has 1 radical (unpaired) electrons. The number of carbonyl (C=O) groups is 1. The van der Waals surface area contributed by atoms with E-state index in [4.69, 9.17) is 0 Å². The minimum atomic E-state index is -1.04. The van der Waals surface area contributed by atoms with Gasteiger partial charge in [0.05, 0.1) is 0 Å². The number of benzene rings is 1. The van der Waals surface area contributed by atoms with E-state index in [1.165, 1.54) is 6.92 Å². The molecule has 1 unspecified atom stereocenters. The fourth-order valence-electron chi connectivity index (χ4n) is 0.957. The second-order valence-corrected chi connectivity index (χ2v) is 2.45. The van der Waals surface area contributed by atoms with Crippen molar-refractivity contribution in [3.63, 3.8) is 0 Å². The number of carbonyl (C=O) groups excluding carboxylic acids is 1. The Morgan fingerprint density at radius 3 is 2.33 bits per heavy atom. The third-order valence-electron chi connectivity index (χ3n) is 1.56. The Morgan fingerprint density at radius 1 is 1.33 bits per heavy atom. The average molecular weight is 164 g/mol. The molecule has 0 aliphatic rings. The van der Waals surface area contributed by atoms with E-state index in [2.05, 4.69) is 0 Å². The molecule has 1 aromatic rings. The van der Waals surface area contributed by atoms with Crippen molar-refractivity contribution in [3.05, 3.63) is 30.3 Å². The van der Waals surface area contributed by atoms with Crippen LogP contribution in [0.3, 0.4) is 0 Å². The summed E-state index contributed by atoms with van der Waals surface area (Å²) in [6.07, 6.45) is -0.489. The van der Waals surface area contributed by atoms with Gasteiger partial charge in [-0.1, -0.05) is 18.2 Å². The number of nitrogens with zero attached hydrogens (tertiary/aromatic N) is 1. The molecule has 0 heterocycles. The molecule has 0 aliphatic carbocycles. The van der Waals surface area contributed by atoms with E-state index in [-0.39, 0.29) is 0 Å². The lowest BCUT2D eigenvalue weighted by atomic mass is 10.3. The van der Waals surface area contributed by atoms with Crippen molar-refractivity contribution in [1.29, 1.82) is 0 Å². The first-order valence-electron chi connectivity index (χ1n) is 3.70. The number of para-hydroxylation sites is 1. The second kappa shape index (κ2) is 3.88. The second-order valence-electron chi connectivity index (χ2n) is 2.45. The molecule has 0 N–H and O–H groups in total. The van der Waals surface area contributed by atoms with E-state index < -0.39 is 6.23 Å². The SMILES string of the molecule is CC([O])N(C=O)c1ccccc1. The molecule has 0 saturated carbocycles. The van der Waals surface area contributed by atoms with Crippen LogP contribution < -0.4 is 4.90 Å². The molecule has 1 rings (SSSR count). The minimum absolute atomic E-state index is 0.549. The van der Waals surface area contributed by atoms with Crippen molar-refractivity contribution in [2.45, 2.75) is 13.2 Å². The van der Waals surface area contributed by atoms with Gasteiger partial charge in [0.2, 0.25) is 6.41 Å². The Hall–Kier alpha value is -1.35. The quantitative estimate of drug-likeness (QED) is 0.492. The first-order chi connectivity index (χ1) is 5.75. The highest BCUT2D eigenvalue weighted by atomic mass is 16.3. The predicted octanol–water partition coefficient (Wildman–Crippen LogP) is 1.43. The molecule has 0 aromatic heterocycles. The summed E-state index contributed by atoms with van der Waals surface area (Å²) in [6.45, 7) is 1.43. The van der Waals surface area contributed by atoms with E-state index >= 15 is 0 Å². The van der Waals surface area contributed by atoms with Crippen LogP contribution in [0.2, 0.25) is 0 Å². The van der Waals surface area contributed by atoms with E-state index in [1.54, 1.807) is 24.3 Å². The zero-order chi connectivity index (χ0) is 8.97. The van der Waals surface area contributed by atoms with Crippen LogP contribution in [-0.2, 0) is 9.90 Å². The maximum absolute atomic E-state index is 11.0. The summed E-state index contributed by atoms with van der Waals surface area (Å²) in [5.74, 6) is 0. The van der Waals surface area contributed by atoms with Crippen molar-refractivity contribution in [3.8, 4) is 0 Å². The van der Waals surface area contributed by atoms with Crippen LogP contribution in [0.15, 0.2) is 30.3 Å². The molecule has 3 nitrogen and oxygen atoms in total. The average Bonchev–Trinajstić information content (AvgIpc) is 2.07. The van der Waals surface area contributed by atoms with Crippen LogP contribution in [0.5, 0.6) is 0 Å². The maximum atomic E-state index is 11.0. The Bertz CT molecular complexity index is 246. The fraction of sp³-hybridized carbons (Fsp3) is 0.222. The third-order valence-corrected chi connectivity index (χ3v) is 1.56. The molecular formula is C9H10NO2. The Kier molecular flexibility index (Phi) is 2.82. The van der Waals surface area contributed by atoms with Crippen LogP contribution in [0.1, 0.15) is 6.92 Å². The zero-order valence-electron chi connectivity index (χ0n) is 6.81. The van der Waals surface area contributed by atoms with Gasteiger partial charge in [-0.2, -0.15) is 0 Å². The van der Waals surface area contributed by atoms with Gasteiger partial charge in [0.15, 0.2) is 6.23 Å². The van der Waals surface area contributed by atoms with Crippen LogP contribution in [0.4, 0.5) is 5.69 Å². The molecule has 1 atom stereocenters. The van der Waals surface area contributed by atoms with E-state index in [9.17, 15) is 9.90 Å². The molecule has 0 bridgehead atoms. The minimum Gasteiger partial charge on any atom is -0.286 e. The standard InChI is InChI=1S/C9H10NO2/c1-8(12)10(7-11)9-5-3-2-4-6-9/h2-8H,1H3. The Morgan fingerprint density at radius 2 is 1.92 bits per heavy atom.